The molecule has 2 aromatic carbocycles. The summed E-state index contributed by atoms with van der Waals surface area (Å²) in [4.78, 5) is 31.3. The smallest absolute Gasteiger partial charge is 0.337 e. The summed E-state index contributed by atoms with van der Waals surface area (Å²) in [5.41, 5.74) is 2.86. The highest BCUT2D eigenvalue weighted by atomic mass is 32.1. The third-order valence-corrected chi connectivity index (χ3v) is 6.44. The van der Waals surface area contributed by atoms with Crippen LogP contribution in [0.25, 0.3) is 10.2 Å². The minimum atomic E-state index is -0.472. The highest BCUT2D eigenvalue weighted by molar-refractivity contribution is 7.22. The van der Waals surface area contributed by atoms with E-state index in [1.165, 1.54) is 42.9 Å². The molecule has 0 aliphatic carbocycles. The number of rotatable bonds is 5. The standard InChI is InChI=1S/C23H25N3O3S/c1-15-8-10-26(11-9-15)14-16-6-7-19-20(12-16)30-23(24-19)25-21(27)17-4-3-5-18(13-17)22(28)29-2/h3-7,12-13,15H,8-11,14H2,1-2H3,(H,24,25,27). The number of fused-ring (bicyclic) bond motifs is 1. The zero-order chi connectivity index (χ0) is 21.1. The summed E-state index contributed by atoms with van der Waals surface area (Å²) in [6.45, 7) is 5.56. The molecule has 1 saturated heterocycles. The fourth-order valence-electron chi connectivity index (χ4n) is 3.67. The molecule has 7 heteroatoms. The van der Waals surface area contributed by atoms with E-state index in [-0.39, 0.29) is 5.91 Å². The molecular formula is C23H25N3O3S. The lowest BCUT2D eigenvalue weighted by Gasteiger charge is -2.30. The van der Waals surface area contributed by atoms with E-state index < -0.39 is 5.97 Å². The summed E-state index contributed by atoms with van der Waals surface area (Å²) in [5, 5.41) is 3.39. The van der Waals surface area contributed by atoms with Gasteiger partial charge in [-0.3, -0.25) is 15.0 Å². The number of anilines is 1. The van der Waals surface area contributed by atoms with Gasteiger partial charge in [0.2, 0.25) is 0 Å². The molecule has 4 rings (SSSR count). The summed E-state index contributed by atoms with van der Waals surface area (Å²) in [7, 11) is 1.32. The SMILES string of the molecule is COC(=O)c1cccc(C(=O)Nc2nc3ccc(CN4CCC(C)CC4)cc3s2)c1. The first-order valence-electron chi connectivity index (χ1n) is 10.1. The molecule has 0 atom stereocenters. The predicted octanol–water partition coefficient (Wildman–Crippen LogP) is 4.57. The first kappa shape index (κ1) is 20.5. The first-order chi connectivity index (χ1) is 14.5. The molecule has 0 unspecified atom stereocenters. The number of aromatic nitrogens is 1. The number of thiazole rings is 1. The minimum absolute atomic E-state index is 0.303. The van der Waals surface area contributed by atoms with E-state index in [1.54, 1.807) is 18.2 Å². The Bertz CT molecular complexity index is 1070. The van der Waals surface area contributed by atoms with Crippen LogP contribution in [0.4, 0.5) is 5.13 Å². The third-order valence-electron chi connectivity index (χ3n) is 5.50. The van der Waals surface area contributed by atoms with Gasteiger partial charge in [-0.1, -0.05) is 30.4 Å². The van der Waals surface area contributed by atoms with Crippen molar-refractivity contribution in [2.45, 2.75) is 26.3 Å². The fourth-order valence-corrected chi connectivity index (χ4v) is 4.60. The summed E-state index contributed by atoms with van der Waals surface area (Å²) < 4.78 is 5.77. The molecule has 1 N–H and O–H groups in total. The molecule has 1 aromatic heterocycles. The number of nitrogens with one attached hydrogen (secondary N) is 1. The van der Waals surface area contributed by atoms with Gasteiger partial charge in [0, 0.05) is 12.1 Å². The number of likely N-dealkylation sites (tertiary alicyclic amines) is 1. The second-order valence-electron chi connectivity index (χ2n) is 7.81. The van der Waals surface area contributed by atoms with Crippen LogP contribution in [0.5, 0.6) is 0 Å². The fraction of sp³-hybridized carbons (Fsp3) is 0.348. The maximum atomic E-state index is 12.6. The molecule has 1 aliphatic heterocycles. The number of carbonyl (C=O) groups is 2. The van der Waals surface area contributed by atoms with Crippen LogP contribution in [0.3, 0.4) is 0 Å². The molecule has 0 bridgehead atoms. The molecule has 156 valence electrons. The van der Waals surface area contributed by atoms with Gasteiger partial charge in [-0.25, -0.2) is 9.78 Å². The highest BCUT2D eigenvalue weighted by Crippen LogP contribution is 2.28. The normalized spacial score (nSPS) is 15.3. The number of carbonyl (C=O) groups excluding carboxylic acids is 2. The van der Waals surface area contributed by atoms with Crippen molar-refractivity contribution in [2.75, 3.05) is 25.5 Å². The van der Waals surface area contributed by atoms with Crippen molar-refractivity contribution in [3.8, 4) is 0 Å². The maximum Gasteiger partial charge on any atom is 0.337 e. The van der Waals surface area contributed by atoms with E-state index in [2.05, 4.69) is 34.3 Å². The number of benzene rings is 2. The number of hydrogen-bond acceptors (Lipinski definition) is 6. The number of methoxy groups -OCH3 is 1. The summed E-state index contributed by atoms with van der Waals surface area (Å²) >= 11 is 1.46. The monoisotopic (exact) mass is 423 g/mol. The first-order valence-corrected chi connectivity index (χ1v) is 10.9. The lowest BCUT2D eigenvalue weighted by Crippen LogP contribution is -2.32. The summed E-state index contributed by atoms with van der Waals surface area (Å²) in [5.74, 6) is 0.0486. The quantitative estimate of drug-likeness (QED) is 0.609. The summed E-state index contributed by atoms with van der Waals surface area (Å²) in [6, 6.07) is 12.8. The molecule has 30 heavy (non-hydrogen) atoms. The Morgan fingerprint density at radius 2 is 1.93 bits per heavy atom. The van der Waals surface area contributed by atoms with Gasteiger partial charge in [-0.15, -0.1) is 0 Å². The van der Waals surface area contributed by atoms with Crippen LogP contribution in [0.1, 0.15) is 46.0 Å². The Morgan fingerprint density at radius 1 is 1.17 bits per heavy atom. The van der Waals surface area contributed by atoms with Crippen molar-refractivity contribution < 1.29 is 14.3 Å². The molecule has 1 aliphatic rings. The average molecular weight is 424 g/mol. The van der Waals surface area contributed by atoms with E-state index in [4.69, 9.17) is 4.74 Å². The van der Waals surface area contributed by atoms with E-state index in [1.807, 2.05) is 6.07 Å². The van der Waals surface area contributed by atoms with Crippen LogP contribution in [0, 0.1) is 5.92 Å². The second kappa shape index (κ2) is 8.93. The Balaban J connectivity index is 1.46. The van der Waals surface area contributed by atoms with Crippen molar-refractivity contribution in [3.63, 3.8) is 0 Å². The van der Waals surface area contributed by atoms with Gasteiger partial charge in [0.25, 0.3) is 5.91 Å². The Morgan fingerprint density at radius 3 is 2.70 bits per heavy atom. The van der Waals surface area contributed by atoms with Crippen LogP contribution in [-0.4, -0.2) is 42.0 Å². The molecule has 3 aromatic rings. The van der Waals surface area contributed by atoms with E-state index in [0.717, 1.165) is 35.8 Å². The van der Waals surface area contributed by atoms with E-state index >= 15 is 0 Å². The lowest BCUT2D eigenvalue weighted by atomic mass is 9.99. The topological polar surface area (TPSA) is 71.5 Å². The van der Waals surface area contributed by atoms with Crippen LogP contribution in [-0.2, 0) is 11.3 Å². The predicted molar refractivity (Wildman–Crippen MR) is 119 cm³/mol. The maximum absolute atomic E-state index is 12.6. The van der Waals surface area contributed by atoms with Crippen molar-refractivity contribution in [1.29, 1.82) is 0 Å². The molecule has 0 radical (unpaired) electrons. The van der Waals surface area contributed by atoms with Gasteiger partial charge < -0.3 is 4.74 Å². The van der Waals surface area contributed by atoms with Crippen molar-refractivity contribution in [1.82, 2.24) is 9.88 Å². The van der Waals surface area contributed by atoms with Crippen LogP contribution in [0.15, 0.2) is 42.5 Å². The van der Waals surface area contributed by atoms with Gasteiger partial charge in [0.15, 0.2) is 5.13 Å². The number of ether oxygens (including phenoxy) is 1. The van der Waals surface area contributed by atoms with Crippen molar-refractivity contribution in [3.05, 3.63) is 59.2 Å². The molecule has 0 spiro atoms. The van der Waals surface area contributed by atoms with E-state index in [9.17, 15) is 9.59 Å². The minimum Gasteiger partial charge on any atom is -0.465 e. The van der Waals surface area contributed by atoms with Crippen LogP contribution in [0.2, 0.25) is 0 Å². The zero-order valence-corrected chi connectivity index (χ0v) is 18.0. The van der Waals surface area contributed by atoms with Gasteiger partial charge in [0.05, 0.1) is 22.9 Å². The molecule has 1 amide bonds. The van der Waals surface area contributed by atoms with Gasteiger partial charge >= 0.3 is 5.97 Å². The average Bonchev–Trinajstić information content (AvgIpc) is 3.16. The van der Waals surface area contributed by atoms with E-state index in [0.29, 0.717) is 16.3 Å². The van der Waals surface area contributed by atoms with Crippen molar-refractivity contribution in [2.24, 2.45) is 5.92 Å². The molecular weight excluding hydrogens is 398 g/mol. The van der Waals surface area contributed by atoms with Crippen LogP contribution < -0.4 is 5.32 Å². The molecule has 6 nitrogen and oxygen atoms in total. The largest absolute Gasteiger partial charge is 0.465 e. The highest BCUT2D eigenvalue weighted by Gasteiger charge is 2.17. The number of esters is 1. The molecule has 0 saturated carbocycles. The Hall–Kier alpha value is -2.77. The number of nitrogens with zero attached hydrogens (tertiary/aromatic N) is 2. The zero-order valence-electron chi connectivity index (χ0n) is 17.2. The Kier molecular flexibility index (Phi) is 6.11. The molecule has 1 fully saturated rings. The van der Waals surface area contributed by atoms with Gasteiger partial charge in [-0.2, -0.15) is 0 Å². The van der Waals surface area contributed by atoms with Crippen molar-refractivity contribution >= 4 is 38.6 Å². The second-order valence-corrected chi connectivity index (χ2v) is 8.84. The summed E-state index contributed by atoms with van der Waals surface area (Å²) in [6.07, 6.45) is 2.52. The molecule has 2 heterocycles. The third kappa shape index (κ3) is 4.68. The Labute approximate surface area is 179 Å². The number of amides is 1. The van der Waals surface area contributed by atoms with Gasteiger partial charge in [-0.05, 0) is 67.7 Å². The van der Waals surface area contributed by atoms with Gasteiger partial charge in [0.1, 0.15) is 0 Å². The van der Waals surface area contributed by atoms with Crippen LogP contribution >= 0.6 is 11.3 Å². The number of piperidine rings is 1. The lowest BCUT2D eigenvalue weighted by molar-refractivity contribution is 0.0600. The number of hydrogen-bond donors (Lipinski definition) is 1.